The van der Waals surface area contributed by atoms with Gasteiger partial charge in [0.15, 0.2) is 0 Å². The number of rotatable bonds is 6. The molecule has 2 heterocycles. The summed E-state index contributed by atoms with van der Waals surface area (Å²) in [4.78, 5) is 15.7. The summed E-state index contributed by atoms with van der Waals surface area (Å²) < 4.78 is 5.69. The molecule has 0 bridgehead atoms. The standard InChI is InChI=1S/C22H27N3O2/c1-24-11-13-25(14-12-24)10-4-9-23-21(26)15-18-16-27-20-8-7-17-5-2-3-6-19(17)22(18)20/h2-3,5-8,16H,4,9-15H2,1H3,(H,23,26)/p+2. The SMILES string of the molecule is C[NH+]1CC[NH+](CCCNC(=O)Cc2coc3ccc4ccccc4c23)CC1. The van der Waals surface area contributed by atoms with Gasteiger partial charge in [-0.05, 0) is 16.8 Å². The van der Waals surface area contributed by atoms with Crippen molar-refractivity contribution >= 4 is 27.6 Å². The van der Waals surface area contributed by atoms with Gasteiger partial charge in [-0.25, -0.2) is 0 Å². The zero-order valence-electron chi connectivity index (χ0n) is 16.0. The van der Waals surface area contributed by atoms with Crippen molar-refractivity contribution in [2.24, 2.45) is 0 Å². The first-order valence-corrected chi connectivity index (χ1v) is 10.00. The molecule has 1 saturated heterocycles. The summed E-state index contributed by atoms with van der Waals surface area (Å²) in [5.41, 5.74) is 1.81. The largest absolute Gasteiger partial charge is 0.464 e. The van der Waals surface area contributed by atoms with Crippen LogP contribution in [-0.2, 0) is 11.2 Å². The van der Waals surface area contributed by atoms with Crippen LogP contribution in [0.25, 0.3) is 21.7 Å². The number of likely N-dealkylation sites (N-methyl/N-ethyl adjacent to an activating group) is 1. The Morgan fingerprint density at radius 1 is 1.11 bits per heavy atom. The second-order valence-corrected chi connectivity index (χ2v) is 7.76. The Hall–Kier alpha value is -2.37. The van der Waals surface area contributed by atoms with Gasteiger partial charge in [0, 0.05) is 23.9 Å². The van der Waals surface area contributed by atoms with Gasteiger partial charge < -0.3 is 19.5 Å². The molecule has 5 nitrogen and oxygen atoms in total. The molecule has 142 valence electrons. The van der Waals surface area contributed by atoms with E-state index in [1.165, 1.54) is 31.6 Å². The first-order valence-electron chi connectivity index (χ1n) is 10.00. The van der Waals surface area contributed by atoms with Gasteiger partial charge in [0.1, 0.15) is 31.8 Å². The summed E-state index contributed by atoms with van der Waals surface area (Å²) >= 11 is 0. The molecule has 0 atom stereocenters. The van der Waals surface area contributed by atoms with Crippen molar-refractivity contribution < 1.29 is 19.0 Å². The van der Waals surface area contributed by atoms with E-state index in [4.69, 9.17) is 4.42 Å². The number of amides is 1. The van der Waals surface area contributed by atoms with Crippen LogP contribution in [0.15, 0.2) is 47.1 Å². The van der Waals surface area contributed by atoms with E-state index in [0.717, 1.165) is 41.4 Å². The molecular weight excluding hydrogens is 338 g/mol. The smallest absolute Gasteiger partial charge is 0.224 e. The Morgan fingerprint density at radius 2 is 1.93 bits per heavy atom. The highest BCUT2D eigenvalue weighted by Crippen LogP contribution is 2.30. The second-order valence-electron chi connectivity index (χ2n) is 7.76. The highest BCUT2D eigenvalue weighted by atomic mass is 16.3. The van der Waals surface area contributed by atoms with Gasteiger partial charge in [0.25, 0.3) is 0 Å². The van der Waals surface area contributed by atoms with Gasteiger partial charge in [-0.3, -0.25) is 4.79 Å². The van der Waals surface area contributed by atoms with Crippen molar-refractivity contribution in [1.82, 2.24) is 5.32 Å². The molecule has 0 radical (unpaired) electrons. The minimum absolute atomic E-state index is 0.0726. The Bertz CT molecular complexity index is 926. The van der Waals surface area contributed by atoms with Gasteiger partial charge >= 0.3 is 0 Å². The summed E-state index contributed by atoms with van der Waals surface area (Å²) in [5, 5.41) is 6.46. The average Bonchev–Trinajstić information content (AvgIpc) is 3.10. The molecule has 4 rings (SSSR count). The second kappa shape index (κ2) is 8.11. The quantitative estimate of drug-likeness (QED) is 0.539. The van der Waals surface area contributed by atoms with Crippen LogP contribution in [-0.4, -0.2) is 52.2 Å². The first-order chi connectivity index (χ1) is 13.2. The van der Waals surface area contributed by atoms with Crippen LogP contribution in [0.5, 0.6) is 0 Å². The summed E-state index contributed by atoms with van der Waals surface area (Å²) in [6, 6.07) is 12.3. The molecule has 0 saturated carbocycles. The van der Waals surface area contributed by atoms with E-state index in [9.17, 15) is 4.79 Å². The van der Waals surface area contributed by atoms with E-state index in [1.807, 2.05) is 18.2 Å². The third-order valence-corrected chi connectivity index (χ3v) is 5.73. The topological polar surface area (TPSA) is 51.1 Å². The van der Waals surface area contributed by atoms with Gasteiger partial charge in [0.05, 0.1) is 26.3 Å². The number of carbonyl (C=O) groups excluding carboxylic acids is 1. The van der Waals surface area contributed by atoms with Crippen molar-refractivity contribution in [1.29, 1.82) is 0 Å². The summed E-state index contributed by atoms with van der Waals surface area (Å²) in [5.74, 6) is 0.0726. The summed E-state index contributed by atoms with van der Waals surface area (Å²) in [6.45, 7) is 6.89. The number of fused-ring (bicyclic) bond motifs is 3. The first kappa shape index (κ1) is 18.0. The maximum atomic E-state index is 12.4. The van der Waals surface area contributed by atoms with E-state index in [-0.39, 0.29) is 5.91 Å². The van der Waals surface area contributed by atoms with E-state index < -0.39 is 0 Å². The number of piperazine rings is 1. The number of furan rings is 1. The van der Waals surface area contributed by atoms with Crippen LogP contribution < -0.4 is 15.1 Å². The lowest BCUT2D eigenvalue weighted by atomic mass is 10.0. The number of quaternary nitrogens is 2. The number of carbonyl (C=O) groups is 1. The van der Waals surface area contributed by atoms with E-state index in [2.05, 4.69) is 30.6 Å². The highest BCUT2D eigenvalue weighted by Gasteiger charge is 2.19. The normalized spacial score (nSPS) is 20.2. The van der Waals surface area contributed by atoms with Crippen LogP contribution in [0.2, 0.25) is 0 Å². The lowest BCUT2D eigenvalue weighted by Crippen LogP contribution is -3.27. The third kappa shape index (κ3) is 4.15. The van der Waals surface area contributed by atoms with Crippen molar-refractivity contribution in [3.63, 3.8) is 0 Å². The zero-order valence-corrected chi connectivity index (χ0v) is 16.0. The van der Waals surface area contributed by atoms with Crippen LogP contribution in [0.3, 0.4) is 0 Å². The Morgan fingerprint density at radius 3 is 2.78 bits per heavy atom. The molecule has 0 unspecified atom stereocenters. The number of hydrogen-bond acceptors (Lipinski definition) is 2. The fourth-order valence-electron chi connectivity index (χ4n) is 4.09. The van der Waals surface area contributed by atoms with Crippen LogP contribution in [0.4, 0.5) is 0 Å². The van der Waals surface area contributed by atoms with Crippen LogP contribution in [0.1, 0.15) is 12.0 Å². The molecule has 3 aromatic rings. The van der Waals surface area contributed by atoms with Crippen molar-refractivity contribution in [3.8, 4) is 0 Å². The van der Waals surface area contributed by atoms with Crippen LogP contribution >= 0.6 is 0 Å². The highest BCUT2D eigenvalue weighted by molar-refractivity contribution is 6.08. The predicted molar refractivity (Wildman–Crippen MR) is 107 cm³/mol. The fourth-order valence-corrected chi connectivity index (χ4v) is 4.09. The van der Waals surface area contributed by atoms with Gasteiger partial charge in [-0.15, -0.1) is 0 Å². The lowest BCUT2D eigenvalue weighted by Gasteiger charge is -2.27. The lowest BCUT2D eigenvalue weighted by molar-refractivity contribution is -1.00. The molecule has 0 aliphatic carbocycles. The molecule has 3 N–H and O–H groups in total. The van der Waals surface area contributed by atoms with E-state index in [0.29, 0.717) is 6.42 Å². The molecule has 1 aliphatic heterocycles. The minimum atomic E-state index is 0.0726. The number of benzene rings is 2. The molecule has 0 spiro atoms. The Kier molecular flexibility index (Phi) is 5.41. The maximum absolute atomic E-state index is 12.4. The molecule has 1 aliphatic rings. The predicted octanol–water partition coefficient (Wildman–Crippen LogP) is 0.0480. The fraction of sp³-hybridized carbons (Fsp3) is 0.409. The van der Waals surface area contributed by atoms with Gasteiger partial charge in [-0.1, -0.05) is 30.3 Å². The van der Waals surface area contributed by atoms with Crippen molar-refractivity contribution in [2.45, 2.75) is 12.8 Å². The van der Waals surface area contributed by atoms with E-state index in [1.54, 1.807) is 16.1 Å². The molecule has 1 amide bonds. The van der Waals surface area contributed by atoms with Gasteiger partial charge in [-0.2, -0.15) is 0 Å². The molecule has 27 heavy (non-hydrogen) atoms. The Balaban J connectivity index is 1.33. The van der Waals surface area contributed by atoms with E-state index >= 15 is 0 Å². The molecule has 2 aromatic carbocycles. The number of hydrogen-bond donors (Lipinski definition) is 3. The molecule has 1 fully saturated rings. The monoisotopic (exact) mass is 367 g/mol. The Labute approximate surface area is 159 Å². The molecule has 5 heteroatoms. The maximum Gasteiger partial charge on any atom is 0.224 e. The molecule has 1 aromatic heterocycles. The van der Waals surface area contributed by atoms with Crippen LogP contribution in [0, 0.1) is 0 Å². The van der Waals surface area contributed by atoms with Gasteiger partial charge in [0.2, 0.25) is 5.91 Å². The summed E-state index contributed by atoms with van der Waals surface area (Å²) in [6.07, 6.45) is 3.13. The van der Waals surface area contributed by atoms with Crippen molar-refractivity contribution in [3.05, 3.63) is 48.2 Å². The average molecular weight is 367 g/mol. The number of nitrogens with one attached hydrogen (secondary N) is 3. The zero-order chi connectivity index (χ0) is 18.6. The van der Waals surface area contributed by atoms with Crippen molar-refractivity contribution in [2.75, 3.05) is 46.3 Å². The molecular formula is C22H29N3O2+2. The third-order valence-electron chi connectivity index (χ3n) is 5.73. The summed E-state index contributed by atoms with van der Waals surface area (Å²) in [7, 11) is 2.26. The minimum Gasteiger partial charge on any atom is -0.464 e.